The standard InChI is InChI=1S/C21H23N5O2/c1-28-20-10-8-17(15-22-20)21(27)25-12-11-19-23-18(24-26(19)14-13-25)9-7-16-5-3-2-4-6-16/h2-6,8,10,15H,7,9,11-14H2,1H3. The summed E-state index contributed by atoms with van der Waals surface area (Å²) in [6, 6.07) is 13.8. The van der Waals surface area contributed by atoms with Crippen molar-refractivity contribution in [1.29, 1.82) is 0 Å². The SMILES string of the molecule is COc1ccc(C(=O)N2CCc3nc(CCc4ccccc4)nn3CC2)cn1. The summed E-state index contributed by atoms with van der Waals surface area (Å²) < 4.78 is 6.99. The summed E-state index contributed by atoms with van der Waals surface area (Å²) >= 11 is 0. The number of carbonyl (C=O) groups is 1. The predicted molar refractivity (Wildman–Crippen MR) is 104 cm³/mol. The lowest BCUT2D eigenvalue weighted by atomic mass is 10.1. The molecule has 1 aliphatic heterocycles. The molecule has 1 amide bonds. The number of hydrogen-bond acceptors (Lipinski definition) is 5. The molecule has 144 valence electrons. The van der Waals surface area contributed by atoms with Crippen molar-refractivity contribution < 1.29 is 9.53 Å². The van der Waals surface area contributed by atoms with Gasteiger partial charge in [-0.2, -0.15) is 5.10 Å². The summed E-state index contributed by atoms with van der Waals surface area (Å²) in [6.07, 6.45) is 4.02. The summed E-state index contributed by atoms with van der Waals surface area (Å²) in [5.74, 6) is 2.30. The van der Waals surface area contributed by atoms with Crippen LogP contribution in [0.25, 0.3) is 0 Å². The molecule has 0 aliphatic carbocycles. The highest BCUT2D eigenvalue weighted by molar-refractivity contribution is 5.94. The smallest absolute Gasteiger partial charge is 0.255 e. The molecule has 7 heteroatoms. The molecule has 0 bridgehead atoms. The summed E-state index contributed by atoms with van der Waals surface area (Å²) in [5.41, 5.74) is 1.86. The molecule has 0 atom stereocenters. The number of aromatic nitrogens is 4. The van der Waals surface area contributed by atoms with Crippen LogP contribution in [-0.4, -0.2) is 50.8 Å². The van der Waals surface area contributed by atoms with Crippen molar-refractivity contribution in [2.45, 2.75) is 25.8 Å². The number of carbonyl (C=O) groups excluding carboxylic acids is 1. The van der Waals surface area contributed by atoms with Gasteiger partial charge in [-0.3, -0.25) is 4.79 Å². The zero-order chi connectivity index (χ0) is 19.3. The third-order valence-electron chi connectivity index (χ3n) is 4.94. The van der Waals surface area contributed by atoms with Crippen LogP contribution in [0.15, 0.2) is 48.7 Å². The van der Waals surface area contributed by atoms with Gasteiger partial charge in [0.2, 0.25) is 5.88 Å². The molecule has 0 saturated carbocycles. The molecule has 0 radical (unpaired) electrons. The Morgan fingerprint density at radius 3 is 2.68 bits per heavy atom. The van der Waals surface area contributed by atoms with Gasteiger partial charge in [-0.05, 0) is 18.1 Å². The van der Waals surface area contributed by atoms with Crippen molar-refractivity contribution in [2.24, 2.45) is 0 Å². The summed E-state index contributed by atoms with van der Waals surface area (Å²) in [6.45, 7) is 1.89. The molecule has 3 heterocycles. The number of hydrogen-bond donors (Lipinski definition) is 0. The first kappa shape index (κ1) is 18.2. The number of amides is 1. The van der Waals surface area contributed by atoms with Gasteiger partial charge in [-0.15, -0.1) is 0 Å². The Labute approximate surface area is 164 Å². The Hall–Kier alpha value is -3.22. The zero-order valence-corrected chi connectivity index (χ0v) is 15.9. The molecule has 1 aliphatic rings. The number of fused-ring (bicyclic) bond motifs is 1. The van der Waals surface area contributed by atoms with E-state index in [9.17, 15) is 4.79 Å². The maximum absolute atomic E-state index is 12.7. The molecular formula is C21H23N5O2. The van der Waals surface area contributed by atoms with Gasteiger partial charge in [-0.25, -0.2) is 14.6 Å². The fourth-order valence-corrected chi connectivity index (χ4v) is 3.37. The van der Waals surface area contributed by atoms with Crippen LogP contribution in [0.4, 0.5) is 0 Å². The van der Waals surface area contributed by atoms with Crippen molar-refractivity contribution in [1.82, 2.24) is 24.6 Å². The number of benzene rings is 1. The van der Waals surface area contributed by atoms with Crippen LogP contribution in [0.1, 0.15) is 27.6 Å². The Morgan fingerprint density at radius 1 is 1.07 bits per heavy atom. The van der Waals surface area contributed by atoms with E-state index in [1.807, 2.05) is 15.6 Å². The number of rotatable bonds is 5. The Balaban J connectivity index is 1.37. The van der Waals surface area contributed by atoms with Gasteiger partial charge in [0.1, 0.15) is 5.82 Å². The minimum Gasteiger partial charge on any atom is -0.481 e. The molecule has 2 aromatic heterocycles. The molecule has 4 rings (SSSR count). The zero-order valence-electron chi connectivity index (χ0n) is 15.9. The fourth-order valence-electron chi connectivity index (χ4n) is 3.37. The van der Waals surface area contributed by atoms with Gasteiger partial charge >= 0.3 is 0 Å². The molecule has 1 aromatic carbocycles. The lowest BCUT2D eigenvalue weighted by Crippen LogP contribution is -2.33. The van der Waals surface area contributed by atoms with Gasteiger partial charge in [-0.1, -0.05) is 30.3 Å². The second kappa shape index (κ2) is 8.21. The Morgan fingerprint density at radius 2 is 1.93 bits per heavy atom. The topological polar surface area (TPSA) is 73.1 Å². The van der Waals surface area contributed by atoms with E-state index in [0.717, 1.165) is 24.5 Å². The lowest BCUT2D eigenvalue weighted by molar-refractivity contribution is 0.0757. The van der Waals surface area contributed by atoms with E-state index in [4.69, 9.17) is 9.72 Å². The fraction of sp³-hybridized carbons (Fsp3) is 0.333. The second-order valence-electron chi connectivity index (χ2n) is 6.78. The number of methoxy groups -OCH3 is 1. The summed E-state index contributed by atoms with van der Waals surface area (Å²) in [4.78, 5) is 23.4. The van der Waals surface area contributed by atoms with E-state index < -0.39 is 0 Å². The quantitative estimate of drug-likeness (QED) is 0.681. The molecule has 0 saturated heterocycles. The van der Waals surface area contributed by atoms with Gasteiger partial charge in [0, 0.05) is 38.2 Å². The molecule has 0 N–H and O–H groups in total. The minimum atomic E-state index is -0.0230. The van der Waals surface area contributed by atoms with Crippen molar-refractivity contribution in [3.8, 4) is 5.88 Å². The average molecular weight is 377 g/mol. The highest BCUT2D eigenvalue weighted by Crippen LogP contribution is 2.14. The summed E-state index contributed by atoms with van der Waals surface area (Å²) in [5, 5.41) is 4.65. The van der Waals surface area contributed by atoms with Crippen LogP contribution >= 0.6 is 0 Å². The van der Waals surface area contributed by atoms with Crippen LogP contribution in [0.2, 0.25) is 0 Å². The highest BCUT2D eigenvalue weighted by Gasteiger charge is 2.22. The molecule has 3 aromatic rings. The van der Waals surface area contributed by atoms with Crippen LogP contribution in [0.3, 0.4) is 0 Å². The van der Waals surface area contributed by atoms with E-state index in [2.05, 4.69) is 34.3 Å². The summed E-state index contributed by atoms with van der Waals surface area (Å²) in [7, 11) is 1.56. The van der Waals surface area contributed by atoms with Crippen LogP contribution < -0.4 is 4.74 Å². The van der Waals surface area contributed by atoms with Crippen molar-refractivity contribution >= 4 is 5.91 Å². The van der Waals surface area contributed by atoms with E-state index in [0.29, 0.717) is 37.5 Å². The van der Waals surface area contributed by atoms with Crippen molar-refractivity contribution in [3.05, 3.63) is 71.4 Å². The first-order chi connectivity index (χ1) is 13.7. The molecule has 28 heavy (non-hydrogen) atoms. The largest absolute Gasteiger partial charge is 0.481 e. The molecule has 7 nitrogen and oxygen atoms in total. The van der Waals surface area contributed by atoms with E-state index in [1.54, 1.807) is 25.4 Å². The highest BCUT2D eigenvalue weighted by atomic mass is 16.5. The maximum atomic E-state index is 12.7. The van der Waals surface area contributed by atoms with E-state index in [-0.39, 0.29) is 5.91 Å². The van der Waals surface area contributed by atoms with Crippen molar-refractivity contribution in [2.75, 3.05) is 20.2 Å². The number of nitrogens with zero attached hydrogens (tertiary/aromatic N) is 5. The average Bonchev–Trinajstić information content (AvgIpc) is 3.04. The van der Waals surface area contributed by atoms with E-state index in [1.165, 1.54) is 5.56 Å². The number of pyridine rings is 1. The predicted octanol–water partition coefficient (Wildman–Crippen LogP) is 2.17. The van der Waals surface area contributed by atoms with E-state index >= 15 is 0 Å². The Bertz CT molecular complexity index is 912. The third kappa shape index (κ3) is 4.03. The molecule has 0 spiro atoms. The Kier molecular flexibility index (Phi) is 5.32. The van der Waals surface area contributed by atoms with Gasteiger partial charge in [0.15, 0.2) is 5.82 Å². The molecular weight excluding hydrogens is 354 g/mol. The normalized spacial score (nSPS) is 13.7. The minimum absolute atomic E-state index is 0.0230. The lowest BCUT2D eigenvalue weighted by Gasteiger charge is -2.19. The maximum Gasteiger partial charge on any atom is 0.255 e. The van der Waals surface area contributed by atoms with Gasteiger partial charge in [0.25, 0.3) is 5.91 Å². The first-order valence-electron chi connectivity index (χ1n) is 9.49. The second-order valence-corrected chi connectivity index (χ2v) is 6.78. The third-order valence-corrected chi connectivity index (χ3v) is 4.94. The van der Waals surface area contributed by atoms with Crippen LogP contribution in [0.5, 0.6) is 5.88 Å². The van der Waals surface area contributed by atoms with Gasteiger partial charge in [0.05, 0.1) is 19.2 Å². The van der Waals surface area contributed by atoms with Crippen molar-refractivity contribution in [3.63, 3.8) is 0 Å². The first-order valence-corrected chi connectivity index (χ1v) is 9.49. The van der Waals surface area contributed by atoms with Crippen LogP contribution in [-0.2, 0) is 25.8 Å². The van der Waals surface area contributed by atoms with Gasteiger partial charge < -0.3 is 9.64 Å². The number of aryl methyl sites for hydroxylation is 2. The van der Waals surface area contributed by atoms with Crippen LogP contribution in [0, 0.1) is 0 Å². The molecule has 0 unspecified atom stereocenters. The molecule has 0 fully saturated rings. The monoisotopic (exact) mass is 377 g/mol. The number of ether oxygens (including phenoxy) is 1.